The Labute approximate surface area is 158 Å². The third kappa shape index (κ3) is 5.64. The van der Waals surface area contributed by atoms with Crippen LogP contribution in [0.3, 0.4) is 0 Å². The van der Waals surface area contributed by atoms with Crippen molar-refractivity contribution in [3.8, 4) is 0 Å². The van der Waals surface area contributed by atoms with E-state index in [9.17, 15) is 19.7 Å². The van der Waals surface area contributed by atoms with Crippen molar-refractivity contribution in [3.05, 3.63) is 74.8 Å². The van der Waals surface area contributed by atoms with E-state index in [-0.39, 0.29) is 30.5 Å². The van der Waals surface area contributed by atoms with Crippen molar-refractivity contribution >= 4 is 17.5 Å². The van der Waals surface area contributed by atoms with E-state index >= 15 is 0 Å². The summed E-state index contributed by atoms with van der Waals surface area (Å²) in [7, 11) is 1.74. The molecule has 0 fully saturated rings. The zero-order chi connectivity index (χ0) is 20.0. The van der Waals surface area contributed by atoms with Crippen LogP contribution in [0.15, 0.2) is 42.5 Å². The smallest absolute Gasteiger partial charge is 0.269 e. The van der Waals surface area contributed by atoms with Crippen LogP contribution in [0, 0.1) is 24.0 Å². The van der Waals surface area contributed by atoms with E-state index in [1.165, 1.54) is 29.8 Å². The number of hydrogen-bond acceptors (Lipinski definition) is 4. The van der Waals surface area contributed by atoms with Crippen LogP contribution in [0.4, 0.5) is 5.69 Å². The lowest BCUT2D eigenvalue weighted by Gasteiger charge is -2.19. The maximum absolute atomic E-state index is 12.3. The molecule has 0 aliphatic rings. The van der Waals surface area contributed by atoms with Crippen molar-refractivity contribution in [3.63, 3.8) is 0 Å². The number of nitro groups is 1. The number of nitro benzene ring substituents is 1. The maximum Gasteiger partial charge on any atom is 0.269 e. The van der Waals surface area contributed by atoms with E-state index in [0.29, 0.717) is 12.1 Å². The second-order valence-electron chi connectivity index (χ2n) is 6.49. The Balaban J connectivity index is 1.82. The van der Waals surface area contributed by atoms with Gasteiger partial charge in [-0.15, -0.1) is 0 Å². The van der Waals surface area contributed by atoms with Gasteiger partial charge >= 0.3 is 0 Å². The average Bonchev–Trinajstić information content (AvgIpc) is 2.63. The largest absolute Gasteiger partial charge is 0.352 e. The molecule has 7 nitrogen and oxygen atoms in total. The molecule has 0 spiro atoms. The minimum Gasteiger partial charge on any atom is -0.352 e. The molecule has 0 unspecified atom stereocenters. The molecule has 0 heterocycles. The molecule has 0 bridgehead atoms. The summed E-state index contributed by atoms with van der Waals surface area (Å²) in [5.74, 6) is -0.436. The van der Waals surface area contributed by atoms with Gasteiger partial charge in [0.1, 0.15) is 0 Å². The summed E-state index contributed by atoms with van der Waals surface area (Å²) in [4.78, 5) is 36.0. The van der Waals surface area contributed by atoms with E-state index in [2.05, 4.69) is 11.4 Å². The van der Waals surface area contributed by atoms with E-state index in [0.717, 1.165) is 11.1 Å². The van der Waals surface area contributed by atoms with Crippen molar-refractivity contribution in [1.82, 2.24) is 10.2 Å². The molecular formula is C20H23N3O4. The predicted octanol–water partition coefficient (Wildman–Crippen LogP) is 2.99. The van der Waals surface area contributed by atoms with Crippen LogP contribution in [0.2, 0.25) is 0 Å². The molecule has 142 valence electrons. The van der Waals surface area contributed by atoms with E-state index < -0.39 is 4.92 Å². The van der Waals surface area contributed by atoms with Gasteiger partial charge in [0, 0.05) is 44.3 Å². The number of nitrogens with zero attached hydrogens (tertiary/aromatic N) is 2. The highest BCUT2D eigenvalue weighted by Crippen LogP contribution is 2.13. The first kappa shape index (κ1) is 20.1. The lowest BCUT2D eigenvalue weighted by atomic mass is 10.1. The summed E-state index contributed by atoms with van der Waals surface area (Å²) >= 11 is 0. The van der Waals surface area contributed by atoms with Crippen LogP contribution >= 0.6 is 0 Å². The maximum atomic E-state index is 12.3. The fourth-order valence-corrected chi connectivity index (χ4v) is 2.68. The zero-order valence-corrected chi connectivity index (χ0v) is 15.7. The van der Waals surface area contributed by atoms with Crippen molar-refractivity contribution < 1.29 is 14.5 Å². The summed E-state index contributed by atoms with van der Waals surface area (Å²) in [5, 5.41) is 13.3. The Morgan fingerprint density at radius 2 is 1.78 bits per heavy atom. The average molecular weight is 369 g/mol. The second kappa shape index (κ2) is 8.93. The molecule has 0 aliphatic carbocycles. The SMILES string of the molecule is Cc1ccc(CN(C)C(=O)CCNC(=O)c2ccc([N+](=O)[O-])cc2)c(C)c1. The molecule has 1 N–H and O–H groups in total. The highest BCUT2D eigenvalue weighted by molar-refractivity contribution is 5.94. The Bertz CT molecular complexity index is 847. The molecule has 2 aromatic rings. The topological polar surface area (TPSA) is 92.6 Å². The lowest BCUT2D eigenvalue weighted by Crippen LogP contribution is -2.32. The third-order valence-electron chi connectivity index (χ3n) is 4.30. The lowest BCUT2D eigenvalue weighted by molar-refractivity contribution is -0.384. The second-order valence-corrected chi connectivity index (χ2v) is 6.49. The molecule has 0 radical (unpaired) electrons. The molecule has 0 atom stereocenters. The Morgan fingerprint density at radius 3 is 2.37 bits per heavy atom. The van der Waals surface area contributed by atoms with Gasteiger partial charge in [-0.2, -0.15) is 0 Å². The van der Waals surface area contributed by atoms with Gasteiger partial charge in [-0.05, 0) is 37.1 Å². The zero-order valence-electron chi connectivity index (χ0n) is 15.7. The summed E-state index contributed by atoms with van der Waals surface area (Å²) < 4.78 is 0. The van der Waals surface area contributed by atoms with Gasteiger partial charge in [0.25, 0.3) is 11.6 Å². The monoisotopic (exact) mass is 369 g/mol. The number of amides is 2. The summed E-state index contributed by atoms with van der Waals surface area (Å²) in [6, 6.07) is 11.5. The highest BCUT2D eigenvalue weighted by atomic mass is 16.6. The van der Waals surface area contributed by atoms with Crippen molar-refractivity contribution in [1.29, 1.82) is 0 Å². The first-order valence-electron chi connectivity index (χ1n) is 8.60. The number of nitrogens with one attached hydrogen (secondary N) is 1. The van der Waals surface area contributed by atoms with E-state index in [4.69, 9.17) is 0 Å². The fraction of sp³-hybridized carbons (Fsp3) is 0.300. The predicted molar refractivity (Wildman–Crippen MR) is 102 cm³/mol. The van der Waals surface area contributed by atoms with Crippen molar-refractivity contribution in [2.45, 2.75) is 26.8 Å². The first-order valence-corrected chi connectivity index (χ1v) is 8.60. The fourth-order valence-electron chi connectivity index (χ4n) is 2.68. The number of carbonyl (C=O) groups is 2. The molecule has 7 heteroatoms. The Hall–Kier alpha value is -3.22. The number of aryl methyl sites for hydroxylation is 2. The van der Waals surface area contributed by atoms with Crippen LogP contribution in [0.5, 0.6) is 0 Å². The standard InChI is InChI=1S/C20H23N3O4/c1-14-4-5-17(15(2)12-14)13-22(3)19(24)10-11-21-20(25)16-6-8-18(9-7-16)23(26)27/h4-9,12H,10-11,13H2,1-3H3,(H,21,25). The number of carbonyl (C=O) groups excluding carboxylic acids is 2. The molecule has 0 aromatic heterocycles. The summed E-state index contributed by atoms with van der Waals surface area (Å²) in [6.45, 7) is 4.76. The van der Waals surface area contributed by atoms with Gasteiger partial charge in [-0.1, -0.05) is 23.8 Å². The summed E-state index contributed by atoms with van der Waals surface area (Å²) in [6.07, 6.45) is 0.181. The van der Waals surface area contributed by atoms with Crippen LogP contribution < -0.4 is 5.32 Å². The van der Waals surface area contributed by atoms with Crippen molar-refractivity contribution in [2.75, 3.05) is 13.6 Å². The van der Waals surface area contributed by atoms with Gasteiger partial charge in [0.15, 0.2) is 0 Å². The molecule has 0 saturated carbocycles. The molecule has 0 saturated heterocycles. The van der Waals surface area contributed by atoms with Crippen LogP contribution in [0.25, 0.3) is 0 Å². The molecular weight excluding hydrogens is 346 g/mol. The number of hydrogen-bond donors (Lipinski definition) is 1. The Morgan fingerprint density at radius 1 is 1.11 bits per heavy atom. The third-order valence-corrected chi connectivity index (χ3v) is 4.30. The minimum atomic E-state index is -0.522. The number of non-ortho nitro benzene ring substituents is 1. The van der Waals surface area contributed by atoms with Gasteiger partial charge in [-0.25, -0.2) is 0 Å². The molecule has 2 rings (SSSR count). The van der Waals surface area contributed by atoms with Gasteiger partial charge in [0.05, 0.1) is 4.92 Å². The number of rotatable bonds is 7. The normalized spacial score (nSPS) is 10.3. The van der Waals surface area contributed by atoms with Crippen LogP contribution in [-0.2, 0) is 11.3 Å². The summed E-state index contributed by atoms with van der Waals surface area (Å²) in [5.41, 5.74) is 3.65. The van der Waals surface area contributed by atoms with Gasteiger partial charge < -0.3 is 10.2 Å². The van der Waals surface area contributed by atoms with E-state index in [1.807, 2.05) is 26.0 Å². The van der Waals surface area contributed by atoms with Crippen molar-refractivity contribution in [2.24, 2.45) is 0 Å². The van der Waals surface area contributed by atoms with E-state index in [1.54, 1.807) is 11.9 Å². The van der Waals surface area contributed by atoms with Gasteiger partial charge in [-0.3, -0.25) is 19.7 Å². The highest BCUT2D eigenvalue weighted by Gasteiger charge is 2.13. The van der Waals surface area contributed by atoms with Gasteiger partial charge in [0.2, 0.25) is 5.91 Å². The molecule has 2 amide bonds. The van der Waals surface area contributed by atoms with Crippen LogP contribution in [0.1, 0.15) is 33.5 Å². The minimum absolute atomic E-state index is 0.0704. The Kier molecular flexibility index (Phi) is 6.65. The molecule has 2 aromatic carbocycles. The van der Waals surface area contributed by atoms with Crippen LogP contribution in [-0.4, -0.2) is 35.2 Å². The first-order chi connectivity index (χ1) is 12.8. The molecule has 0 aliphatic heterocycles. The number of benzene rings is 2. The quantitative estimate of drug-likeness (QED) is 0.600. The molecule has 27 heavy (non-hydrogen) atoms.